The fourth-order valence-electron chi connectivity index (χ4n) is 2.60. The van der Waals surface area contributed by atoms with Crippen LogP contribution in [0.5, 0.6) is 0 Å². The van der Waals surface area contributed by atoms with E-state index in [0.717, 1.165) is 32.9 Å². The first-order valence-electron chi connectivity index (χ1n) is 7.78. The van der Waals surface area contributed by atoms with Crippen LogP contribution in [0.3, 0.4) is 0 Å². The summed E-state index contributed by atoms with van der Waals surface area (Å²) in [6.45, 7) is 8.45. The maximum Gasteiger partial charge on any atom is 0.136 e. The van der Waals surface area contributed by atoms with Crippen molar-refractivity contribution < 1.29 is 0 Å². The van der Waals surface area contributed by atoms with Crippen molar-refractivity contribution in [3.8, 4) is 11.1 Å². The predicted octanol–water partition coefficient (Wildman–Crippen LogP) is 6.07. The quantitative estimate of drug-likeness (QED) is 0.618. The average Bonchev–Trinajstić information content (AvgIpc) is 2.47. The van der Waals surface area contributed by atoms with Crippen LogP contribution in [0.25, 0.3) is 22.0 Å². The van der Waals surface area contributed by atoms with Crippen LogP contribution in [0.2, 0.25) is 5.02 Å². The minimum absolute atomic E-state index is 0.0990. The van der Waals surface area contributed by atoms with Gasteiger partial charge in [-0.05, 0) is 39.3 Å². The molecular formula is C20H21ClN2. The zero-order valence-corrected chi connectivity index (χ0v) is 14.7. The molecule has 0 radical (unpaired) electrons. The van der Waals surface area contributed by atoms with Crippen LogP contribution < -0.4 is 5.32 Å². The Morgan fingerprint density at radius 1 is 0.957 bits per heavy atom. The summed E-state index contributed by atoms with van der Waals surface area (Å²) in [5, 5.41) is 5.22. The molecule has 118 valence electrons. The van der Waals surface area contributed by atoms with E-state index in [9.17, 15) is 0 Å². The van der Waals surface area contributed by atoms with E-state index in [0.29, 0.717) is 0 Å². The first-order chi connectivity index (χ1) is 10.8. The molecule has 0 fully saturated rings. The number of aryl methyl sites for hydroxylation is 1. The van der Waals surface area contributed by atoms with Crippen molar-refractivity contribution in [2.75, 3.05) is 5.32 Å². The van der Waals surface area contributed by atoms with Crippen molar-refractivity contribution in [3.63, 3.8) is 0 Å². The number of fused-ring (bicyclic) bond motifs is 1. The number of hydrogen-bond acceptors (Lipinski definition) is 2. The lowest BCUT2D eigenvalue weighted by atomic mass is 10.0. The normalized spacial score (nSPS) is 11.7. The van der Waals surface area contributed by atoms with Gasteiger partial charge in [0.05, 0.1) is 10.5 Å². The number of rotatable bonds is 2. The Hall–Kier alpha value is -2.06. The summed E-state index contributed by atoms with van der Waals surface area (Å²) in [5.41, 5.74) is 4.06. The van der Waals surface area contributed by atoms with E-state index in [-0.39, 0.29) is 5.54 Å². The molecule has 0 atom stereocenters. The number of hydrogen-bond donors (Lipinski definition) is 1. The molecule has 0 aliphatic heterocycles. The first-order valence-corrected chi connectivity index (χ1v) is 8.16. The van der Waals surface area contributed by atoms with E-state index in [1.807, 2.05) is 24.3 Å². The van der Waals surface area contributed by atoms with Gasteiger partial charge in [0.25, 0.3) is 0 Å². The highest BCUT2D eigenvalue weighted by Crippen LogP contribution is 2.39. The van der Waals surface area contributed by atoms with Crippen LogP contribution in [0.4, 0.5) is 5.82 Å². The summed E-state index contributed by atoms with van der Waals surface area (Å²) in [4.78, 5) is 4.82. The summed E-state index contributed by atoms with van der Waals surface area (Å²) in [6.07, 6.45) is 0. The molecule has 0 bridgehead atoms. The van der Waals surface area contributed by atoms with E-state index < -0.39 is 0 Å². The van der Waals surface area contributed by atoms with Gasteiger partial charge < -0.3 is 5.32 Å². The molecule has 3 aromatic rings. The third-order valence-electron chi connectivity index (χ3n) is 3.66. The van der Waals surface area contributed by atoms with Crippen molar-refractivity contribution in [2.45, 2.75) is 33.2 Å². The van der Waals surface area contributed by atoms with Gasteiger partial charge in [0.15, 0.2) is 0 Å². The average molecular weight is 325 g/mol. The fourth-order valence-corrected chi connectivity index (χ4v) is 2.96. The molecule has 0 saturated heterocycles. The minimum atomic E-state index is -0.0990. The van der Waals surface area contributed by atoms with Crippen molar-refractivity contribution in [1.29, 1.82) is 0 Å². The van der Waals surface area contributed by atoms with E-state index in [1.165, 1.54) is 5.56 Å². The van der Waals surface area contributed by atoms with E-state index in [2.05, 4.69) is 57.3 Å². The van der Waals surface area contributed by atoms with Gasteiger partial charge in [0.1, 0.15) is 5.82 Å². The first kappa shape index (κ1) is 15.8. The van der Waals surface area contributed by atoms with Gasteiger partial charge in [-0.2, -0.15) is 0 Å². The van der Waals surface area contributed by atoms with Crippen LogP contribution in [0.15, 0.2) is 48.5 Å². The van der Waals surface area contributed by atoms with Crippen LogP contribution in [0.1, 0.15) is 26.3 Å². The molecule has 3 rings (SSSR count). The Balaban J connectivity index is 2.29. The van der Waals surface area contributed by atoms with Crippen molar-refractivity contribution in [3.05, 3.63) is 59.1 Å². The van der Waals surface area contributed by atoms with Gasteiger partial charge in [0.2, 0.25) is 0 Å². The number of para-hydroxylation sites is 1. The van der Waals surface area contributed by atoms with Gasteiger partial charge >= 0.3 is 0 Å². The largest absolute Gasteiger partial charge is 0.365 e. The van der Waals surface area contributed by atoms with E-state index in [1.54, 1.807) is 0 Å². The topological polar surface area (TPSA) is 24.9 Å². The predicted molar refractivity (Wildman–Crippen MR) is 100 cm³/mol. The molecular weight excluding hydrogens is 304 g/mol. The summed E-state index contributed by atoms with van der Waals surface area (Å²) in [5.74, 6) is 0.824. The number of nitrogens with one attached hydrogen (secondary N) is 1. The highest BCUT2D eigenvalue weighted by molar-refractivity contribution is 6.38. The molecule has 2 aromatic carbocycles. The zero-order chi connectivity index (χ0) is 16.6. The molecule has 1 N–H and O–H groups in total. The van der Waals surface area contributed by atoms with Gasteiger partial charge in [0, 0.05) is 16.5 Å². The number of aromatic nitrogens is 1. The molecule has 2 nitrogen and oxygen atoms in total. The number of halogens is 1. The summed E-state index contributed by atoms with van der Waals surface area (Å²) in [6, 6.07) is 16.4. The van der Waals surface area contributed by atoms with Gasteiger partial charge in [-0.25, -0.2) is 4.98 Å². The second-order valence-corrected chi connectivity index (χ2v) is 7.29. The van der Waals surface area contributed by atoms with E-state index >= 15 is 0 Å². The molecule has 0 amide bonds. The number of nitrogens with zero attached hydrogens (tertiary/aromatic N) is 1. The molecule has 0 spiro atoms. The highest BCUT2D eigenvalue weighted by atomic mass is 35.5. The zero-order valence-electron chi connectivity index (χ0n) is 13.9. The lowest BCUT2D eigenvalue weighted by Crippen LogP contribution is -2.27. The van der Waals surface area contributed by atoms with Gasteiger partial charge in [-0.3, -0.25) is 0 Å². The summed E-state index contributed by atoms with van der Waals surface area (Å²) >= 11 is 6.77. The molecule has 1 heterocycles. The maximum absolute atomic E-state index is 6.77. The van der Waals surface area contributed by atoms with E-state index in [4.69, 9.17) is 16.6 Å². The van der Waals surface area contributed by atoms with Gasteiger partial charge in [-0.15, -0.1) is 0 Å². The molecule has 0 aliphatic rings. The summed E-state index contributed by atoms with van der Waals surface area (Å²) in [7, 11) is 0. The van der Waals surface area contributed by atoms with Crippen LogP contribution in [-0.4, -0.2) is 10.5 Å². The second-order valence-electron chi connectivity index (χ2n) is 6.91. The minimum Gasteiger partial charge on any atom is -0.365 e. The standard InChI is InChI=1S/C20H21ClN2/c1-13-9-11-14(12-10-13)17-18(21)15-7-5-6-8-16(15)22-19(17)23-20(2,3)4/h5-12H,1-4H3,(H,22,23). The summed E-state index contributed by atoms with van der Waals surface area (Å²) < 4.78 is 0. The molecule has 0 saturated carbocycles. The molecule has 3 heteroatoms. The highest BCUT2D eigenvalue weighted by Gasteiger charge is 2.19. The molecule has 1 aromatic heterocycles. The number of anilines is 1. The molecule has 23 heavy (non-hydrogen) atoms. The fraction of sp³-hybridized carbons (Fsp3) is 0.250. The Morgan fingerprint density at radius 3 is 2.26 bits per heavy atom. The number of benzene rings is 2. The Kier molecular flexibility index (Phi) is 4.03. The van der Waals surface area contributed by atoms with Crippen molar-refractivity contribution in [1.82, 2.24) is 4.98 Å². The third kappa shape index (κ3) is 3.32. The number of pyridine rings is 1. The third-order valence-corrected chi connectivity index (χ3v) is 4.06. The van der Waals surface area contributed by atoms with Crippen LogP contribution in [0, 0.1) is 6.92 Å². The van der Waals surface area contributed by atoms with Crippen LogP contribution in [-0.2, 0) is 0 Å². The Morgan fingerprint density at radius 2 is 1.61 bits per heavy atom. The smallest absolute Gasteiger partial charge is 0.136 e. The monoisotopic (exact) mass is 324 g/mol. The lowest BCUT2D eigenvalue weighted by Gasteiger charge is -2.24. The second kappa shape index (κ2) is 5.86. The SMILES string of the molecule is Cc1ccc(-c2c(NC(C)(C)C)nc3ccccc3c2Cl)cc1. The van der Waals surface area contributed by atoms with Crippen molar-refractivity contribution >= 4 is 28.3 Å². The Bertz CT molecular complexity index is 846. The van der Waals surface area contributed by atoms with Crippen LogP contribution >= 0.6 is 11.6 Å². The van der Waals surface area contributed by atoms with Gasteiger partial charge in [-0.1, -0.05) is 59.6 Å². The Labute approximate surface area is 142 Å². The molecule has 0 unspecified atom stereocenters. The van der Waals surface area contributed by atoms with Crippen molar-refractivity contribution in [2.24, 2.45) is 0 Å². The lowest BCUT2D eigenvalue weighted by molar-refractivity contribution is 0.631. The maximum atomic E-state index is 6.77. The molecule has 0 aliphatic carbocycles.